The molecule has 9 heteroatoms. The van der Waals surface area contributed by atoms with Gasteiger partial charge in [-0.25, -0.2) is 9.59 Å². The summed E-state index contributed by atoms with van der Waals surface area (Å²) >= 11 is 0. The molecule has 0 radical (unpaired) electrons. The first-order chi connectivity index (χ1) is 10.8. The molecule has 126 valence electrons. The van der Waals surface area contributed by atoms with Crippen molar-refractivity contribution in [1.29, 1.82) is 0 Å². The summed E-state index contributed by atoms with van der Waals surface area (Å²) in [5, 5.41) is 2.34. The monoisotopic (exact) mass is 332 g/mol. The van der Waals surface area contributed by atoms with E-state index >= 15 is 0 Å². The number of methoxy groups -OCH3 is 1. The number of rotatable bonds is 2. The van der Waals surface area contributed by atoms with Crippen LogP contribution in [-0.2, 0) is 15.7 Å². The molecule has 0 aromatic heterocycles. The minimum absolute atomic E-state index is 0.151. The van der Waals surface area contributed by atoms with Crippen molar-refractivity contribution in [2.24, 2.45) is 0 Å². The molecule has 2 amide bonds. The average Bonchev–Trinajstić information content (AvgIpc) is 2.54. The van der Waals surface area contributed by atoms with Crippen molar-refractivity contribution in [3.05, 3.63) is 29.3 Å². The van der Waals surface area contributed by atoms with Crippen LogP contribution in [0.25, 0.3) is 0 Å². The SMILES string of the molecule is COC(=O)c1ccc(C(F)(F)F)cc1NC(=O)N1CCOCC1. The lowest BCUT2D eigenvalue weighted by atomic mass is 10.1. The van der Waals surface area contributed by atoms with Crippen LogP contribution in [0.15, 0.2) is 18.2 Å². The van der Waals surface area contributed by atoms with Gasteiger partial charge in [-0.2, -0.15) is 13.2 Å². The van der Waals surface area contributed by atoms with Crippen molar-refractivity contribution in [1.82, 2.24) is 4.90 Å². The third kappa shape index (κ3) is 4.13. The van der Waals surface area contributed by atoms with Gasteiger partial charge in [0.25, 0.3) is 0 Å². The number of nitrogens with zero attached hydrogens (tertiary/aromatic N) is 1. The molecule has 1 N–H and O–H groups in total. The molecule has 1 heterocycles. The Morgan fingerprint density at radius 1 is 1.26 bits per heavy atom. The smallest absolute Gasteiger partial charge is 0.416 e. The van der Waals surface area contributed by atoms with Crippen molar-refractivity contribution < 1.29 is 32.2 Å². The van der Waals surface area contributed by atoms with Crippen LogP contribution in [0, 0.1) is 0 Å². The fourth-order valence-corrected chi connectivity index (χ4v) is 2.07. The summed E-state index contributed by atoms with van der Waals surface area (Å²) < 4.78 is 48.1. The van der Waals surface area contributed by atoms with Gasteiger partial charge in [-0.05, 0) is 18.2 Å². The Hall–Kier alpha value is -2.29. The number of alkyl halides is 3. The Bertz CT molecular complexity index is 598. The van der Waals surface area contributed by atoms with E-state index in [2.05, 4.69) is 10.1 Å². The molecule has 1 saturated heterocycles. The van der Waals surface area contributed by atoms with E-state index in [1.54, 1.807) is 0 Å². The van der Waals surface area contributed by atoms with Crippen LogP contribution in [-0.4, -0.2) is 50.3 Å². The number of carbonyl (C=O) groups excluding carboxylic acids is 2. The molecule has 1 aromatic rings. The Kier molecular flexibility index (Phi) is 5.09. The fourth-order valence-electron chi connectivity index (χ4n) is 2.07. The molecule has 1 aliphatic heterocycles. The highest BCUT2D eigenvalue weighted by Gasteiger charge is 2.32. The molecule has 0 saturated carbocycles. The molecule has 6 nitrogen and oxygen atoms in total. The number of carbonyl (C=O) groups is 2. The first kappa shape index (κ1) is 17.1. The Balaban J connectivity index is 2.29. The predicted octanol–water partition coefficient (Wildman–Crippen LogP) is 2.36. The minimum atomic E-state index is -4.59. The highest BCUT2D eigenvalue weighted by atomic mass is 19.4. The second kappa shape index (κ2) is 6.86. The van der Waals surface area contributed by atoms with Crippen LogP contribution in [0.1, 0.15) is 15.9 Å². The number of esters is 1. The van der Waals surface area contributed by atoms with Crippen molar-refractivity contribution in [3.8, 4) is 0 Å². The van der Waals surface area contributed by atoms with E-state index in [0.717, 1.165) is 19.2 Å². The van der Waals surface area contributed by atoms with Gasteiger partial charge < -0.3 is 19.7 Å². The number of hydrogen-bond donors (Lipinski definition) is 1. The van der Waals surface area contributed by atoms with Crippen molar-refractivity contribution >= 4 is 17.7 Å². The van der Waals surface area contributed by atoms with E-state index in [1.807, 2.05) is 0 Å². The standard InChI is InChI=1S/C14H15F3N2O4/c1-22-12(20)10-3-2-9(14(15,16)17)8-11(10)18-13(21)19-4-6-23-7-5-19/h2-3,8H,4-7H2,1H3,(H,18,21). The Morgan fingerprint density at radius 2 is 1.91 bits per heavy atom. The summed E-state index contributed by atoms with van der Waals surface area (Å²) in [5.74, 6) is -0.837. The topological polar surface area (TPSA) is 67.9 Å². The fraction of sp³-hybridized carbons (Fsp3) is 0.429. The summed E-state index contributed by atoms with van der Waals surface area (Å²) in [6.07, 6.45) is -4.59. The van der Waals surface area contributed by atoms with Crippen molar-refractivity contribution in [2.75, 3.05) is 38.7 Å². The van der Waals surface area contributed by atoms with Crippen molar-refractivity contribution in [2.45, 2.75) is 6.18 Å². The lowest BCUT2D eigenvalue weighted by molar-refractivity contribution is -0.137. The summed E-state index contributed by atoms with van der Waals surface area (Å²) in [4.78, 5) is 25.2. The molecule has 23 heavy (non-hydrogen) atoms. The molecular weight excluding hydrogens is 317 g/mol. The van der Waals surface area contributed by atoms with Crippen LogP contribution in [0.2, 0.25) is 0 Å². The maximum absolute atomic E-state index is 12.8. The van der Waals surface area contributed by atoms with Crippen LogP contribution in [0.5, 0.6) is 0 Å². The zero-order valence-corrected chi connectivity index (χ0v) is 12.3. The molecule has 1 aliphatic rings. The van der Waals surface area contributed by atoms with E-state index in [1.165, 1.54) is 4.90 Å². The summed E-state index contributed by atoms with van der Waals surface area (Å²) in [5.41, 5.74) is -1.37. The van der Waals surface area contributed by atoms with E-state index in [4.69, 9.17) is 4.74 Å². The van der Waals surface area contributed by atoms with E-state index in [9.17, 15) is 22.8 Å². The predicted molar refractivity (Wildman–Crippen MR) is 74.2 cm³/mol. The van der Waals surface area contributed by atoms with Gasteiger partial charge in [-0.15, -0.1) is 0 Å². The normalized spacial score (nSPS) is 15.2. The van der Waals surface area contributed by atoms with Gasteiger partial charge in [0, 0.05) is 13.1 Å². The van der Waals surface area contributed by atoms with Gasteiger partial charge in [-0.1, -0.05) is 0 Å². The molecule has 0 aliphatic carbocycles. The zero-order valence-electron chi connectivity index (χ0n) is 12.3. The highest BCUT2D eigenvalue weighted by Crippen LogP contribution is 2.32. The second-order valence-corrected chi connectivity index (χ2v) is 4.78. The molecule has 1 aromatic carbocycles. The molecule has 1 fully saturated rings. The number of benzene rings is 1. The van der Waals surface area contributed by atoms with Gasteiger partial charge >= 0.3 is 18.2 Å². The minimum Gasteiger partial charge on any atom is -0.465 e. The molecule has 0 spiro atoms. The zero-order chi connectivity index (χ0) is 17.0. The van der Waals surface area contributed by atoms with Gasteiger partial charge in [0.05, 0.1) is 37.1 Å². The number of morpholine rings is 1. The molecule has 2 rings (SSSR count). The molecular formula is C14H15F3N2O4. The van der Waals surface area contributed by atoms with Gasteiger partial charge in [0.15, 0.2) is 0 Å². The van der Waals surface area contributed by atoms with Gasteiger partial charge in [-0.3, -0.25) is 0 Å². The third-order valence-electron chi connectivity index (χ3n) is 3.29. The molecule has 0 unspecified atom stereocenters. The maximum atomic E-state index is 12.8. The number of ether oxygens (including phenoxy) is 2. The summed E-state index contributed by atoms with van der Waals surface area (Å²) in [6, 6.07) is 1.85. The quantitative estimate of drug-likeness (QED) is 0.844. The number of amides is 2. The number of halogens is 3. The maximum Gasteiger partial charge on any atom is 0.416 e. The number of urea groups is 1. The Labute approximate surface area is 130 Å². The lowest BCUT2D eigenvalue weighted by Gasteiger charge is -2.27. The van der Waals surface area contributed by atoms with E-state index < -0.39 is 23.7 Å². The van der Waals surface area contributed by atoms with Gasteiger partial charge in [0.2, 0.25) is 0 Å². The number of nitrogens with one attached hydrogen (secondary N) is 1. The second-order valence-electron chi connectivity index (χ2n) is 4.78. The molecule has 0 bridgehead atoms. The largest absolute Gasteiger partial charge is 0.465 e. The van der Waals surface area contributed by atoms with Crippen LogP contribution in [0.4, 0.5) is 23.7 Å². The number of hydrogen-bond acceptors (Lipinski definition) is 4. The highest BCUT2D eigenvalue weighted by molar-refractivity contribution is 6.01. The van der Waals surface area contributed by atoms with Crippen molar-refractivity contribution in [3.63, 3.8) is 0 Å². The Morgan fingerprint density at radius 3 is 2.48 bits per heavy atom. The van der Waals surface area contributed by atoms with E-state index in [0.29, 0.717) is 32.4 Å². The van der Waals surface area contributed by atoms with Gasteiger partial charge in [0.1, 0.15) is 0 Å². The lowest BCUT2D eigenvalue weighted by Crippen LogP contribution is -2.43. The first-order valence-corrected chi connectivity index (χ1v) is 6.76. The first-order valence-electron chi connectivity index (χ1n) is 6.76. The summed E-state index contributed by atoms with van der Waals surface area (Å²) in [6.45, 7) is 1.33. The van der Waals surface area contributed by atoms with E-state index in [-0.39, 0.29) is 11.3 Å². The summed E-state index contributed by atoms with van der Waals surface area (Å²) in [7, 11) is 1.10. The van der Waals surface area contributed by atoms with Crippen LogP contribution in [0.3, 0.4) is 0 Å². The third-order valence-corrected chi connectivity index (χ3v) is 3.29. The number of anilines is 1. The molecule has 0 atom stereocenters. The van der Waals surface area contributed by atoms with Crippen LogP contribution >= 0.6 is 0 Å². The van der Waals surface area contributed by atoms with Crippen LogP contribution < -0.4 is 5.32 Å². The average molecular weight is 332 g/mol.